The fourth-order valence-electron chi connectivity index (χ4n) is 1.55. The lowest BCUT2D eigenvalue weighted by Gasteiger charge is -2.25. The highest BCUT2D eigenvalue weighted by Gasteiger charge is 2.24. The van der Waals surface area contributed by atoms with E-state index in [4.69, 9.17) is 5.73 Å². The Hall–Kier alpha value is -0.960. The number of hydrogen-bond donors (Lipinski definition) is 3. The molecule has 1 unspecified atom stereocenters. The predicted molar refractivity (Wildman–Crippen MR) is 76.3 cm³/mol. The van der Waals surface area contributed by atoms with Crippen LogP contribution in [0.3, 0.4) is 0 Å². The highest BCUT2D eigenvalue weighted by atomic mass is 32.2. The molecule has 0 saturated carbocycles. The summed E-state index contributed by atoms with van der Waals surface area (Å²) in [5, 5.41) is 4.49. The number of thiophene rings is 1. The zero-order chi connectivity index (χ0) is 14.7. The zero-order valence-corrected chi connectivity index (χ0v) is 12.8. The van der Waals surface area contributed by atoms with Crippen LogP contribution in [-0.4, -0.2) is 32.7 Å². The minimum Gasteiger partial charge on any atom is -0.353 e. The summed E-state index contributed by atoms with van der Waals surface area (Å²) in [5.41, 5.74) is 5.03. The Morgan fingerprint density at radius 3 is 2.63 bits per heavy atom. The molecule has 1 heterocycles. The molecule has 1 aromatic heterocycles. The molecule has 0 aliphatic rings. The van der Waals surface area contributed by atoms with E-state index in [2.05, 4.69) is 10.0 Å². The molecule has 1 atom stereocenters. The van der Waals surface area contributed by atoms with Crippen molar-refractivity contribution in [2.75, 3.05) is 12.8 Å². The van der Waals surface area contributed by atoms with Crippen molar-refractivity contribution < 1.29 is 13.2 Å². The first-order valence-corrected chi connectivity index (χ1v) is 8.43. The summed E-state index contributed by atoms with van der Waals surface area (Å²) in [5.74, 6) is -0.328. The van der Waals surface area contributed by atoms with E-state index in [1.54, 1.807) is 19.9 Å². The molecule has 8 heteroatoms. The number of rotatable bonds is 6. The Labute approximate surface area is 117 Å². The molecule has 6 nitrogen and oxygen atoms in total. The number of carbonyl (C=O) groups is 1. The van der Waals surface area contributed by atoms with Gasteiger partial charge in [-0.05, 0) is 25.3 Å². The third-order valence-corrected chi connectivity index (χ3v) is 4.18. The Morgan fingerprint density at radius 2 is 2.16 bits per heavy atom. The number of nitrogens with two attached hydrogens (primary N) is 1. The summed E-state index contributed by atoms with van der Waals surface area (Å²) in [6.45, 7) is 3.54. The van der Waals surface area contributed by atoms with Crippen LogP contribution >= 0.6 is 11.3 Å². The highest BCUT2D eigenvalue weighted by Crippen LogP contribution is 2.16. The van der Waals surface area contributed by atoms with Gasteiger partial charge < -0.3 is 11.1 Å². The van der Waals surface area contributed by atoms with Gasteiger partial charge in [0.25, 0.3) is 0 Å². The first-order valence-electron chi connectivity index (χ1n) is 5.66. The van der Waals surface area contributed by atoms with E-state index in [0.29, 0.717) is 0 Å². The van der Waals surface area contributed by atoms with Gasteiger partial charge in [-0.25, -0.2) is 13.1 Å². The van der Waals surface area contributed by atoms with Crippen LogP contribution in [0.1, 0.15) is 24.8 Å². The maximum Gasteiger partial charge on any atom is 0.242 e. The van der Waals surface area contributed by atoms with Gasteiger partial charge in [-0.2, -0.15) is 0 Å². The molecular weight excluding hydrogens is 286 g/mol. The van der Waals surface area contributed by atoms with E-state index in [0.717, 1.165) is 11.1 Å². The van der Waals surface area contributed by atoms with Gasteiger partial charge in [-0.15, -0.1) is 11.3 Å². The smallest absolute Gasteiger partial charge is 0.242 e. The molecule has 0 aliphatic carbocycles. The van der Waals surface area contributed by atoms with Gasteiger partial charge in [0, 0.05) is 17.0 Å². The summed E-state index contributed by atoms with van der Waals surface area (Å²) in [7, 11) is -3.32. The fraction of sp³-hybridized carbons (Fsp3) is 0.545. The van der Waals surface area contributed by atoms with Crippen LogP contribution < -0.4 is 15.8 Å². The number of sulfonamides is 1. The minimum absolute atomic E-state index is 0.165. The fourth-order valence-corrected chi connectivity index (χ4v) is 3.35. The molecule has 0 radical (unpaired) electrons. The molecule has 0 bridgehead atoms. The van der Waals surface area contributed by atoms with E-state index in [1.807, 2.05) is 11.4 Å². The van der Waals surface area contributed by atoms with Crippen molar-refractivity contribution in [1.29, 1.82) is 0 Å². The number of amides is 1. The van der Waals surface area contributed by atoms with Gasteiger partial charge in [-0.1, -0.05) is 6.07 Å². The second kappa shape index (κ2) is 6.00. The number of hydrogen-bond acceptors (Lipinski definition) is 5. The lowest BCUT2D eigenvalue weighted by Crippen LogP contribution is -2.52. The molecule has 0 spiro atoms. The second-order valence-electron chi connectivity index (χ2n) is 4.97. The molecule has 1 aromatic rings. The third kappa shape index (κ3) is 5.68. The van der Waals surface area contributed by atoms with E-state index in [1.165, 1.54) is 11.3 Å². The van der Waals surface area contributed by atoms with Crippen molar-refractivity contribution in [1.82, 2.24) is 10.0 Å². The Bertz CT molecular complexity index is 523. The van der Waals surface area contributed by atoms with Crippen molar-refractivity contribution in [3.05, 3.63) is 22.4 Å². The Morgan fingerprint density at radius 1 is 1.53 bits per heavy atom. The molecule has 4 N–H and O–H groups in total. The molecule has 0 saturated heterocycles. The van der Waals surface area contributed by atoms with Crippen LogP contribution in [-0.2, 0) is 14.8 Å². The van der Waals surface area contributed by atoms with E-state index in [9.17, 15) is 13.2 Å². The predicted octanol–water partition coefficient (Wildman–Crippen LogP) is 0.192. The van der Waals surface area contributed by atoms with Crippen molar-refractivity contribution in [3.8, 4) is 0 Å². The lowest BCUT2D eigenvalue weighted by molar-refractivity contribution is -0.122. The molecule has 1 rings (SSSR count). The molecule has 0 aromatic carbocycles. The normalized spacial score (nSPS) is 14.1. The summed E-state index contributed by atoms with van der Waals surface area (Å²) < 4.78 is 24.8. The maximum atomic E-state index is 11.8. The Kier molecular flexibility index (Phi) is 5.08. The topological polar surface area (TPSA) is 101 Å². The first-order chi connectivity index (χ1) is 8.61. The maximum absolute atomic E-state index is 11.8. The first kappa shape index (κ1) is 16.1. The van der Waals surface area contributed by atoms with Crippen LogP contribution in [0.5, 0.6) is 0 Å². The quantitative estimate of drug-likeness (QED) is 0.698. The summed E-state index contributed by atoms with van der Waals surface area (Å²) >= 11 is 1.41. The molecule has 0 aliphatic heterocycles. The van der Waals surface area contributed by atoms with Crippen LogP contribution in [0, 0.1) is 0 Å². The van der Waals surface area contributed by atoms with Crippen LogP contribution in [0.15, 0.2) is 17.5 Å². The second-order valence-corrected chi connectivity index (χ2v) is 7.70. The van der Waals surface area contributed by atoms with Crippen molar-refractivity contribution >= 4 is 27.3 Å². The summed E-state index contributed by atoms with van der Waals surface area (Å²) in [4.78, 5) is 12.6. The summed E-state index contributed by atoms with van der Waals surface area (Å²) in [6.07, 6.45) is 1.08. The summed E-state index contributed by atoms with van der Waals surface area (Å²) in [6, 6.07) is 2.88. The van der Waals surface area contributed by atoms with Crippen LogP contribution in [0.25, 0.3) is 0 Å². The van der Waals surface area contributed by atoms with Crippen LogP contribution in [0.2, 0.25) is 0 Å². The minimum atomic E-state index is -3.32. The monoisotopic (exact) mass is 305 g/mol. The average Bonchev–Trinajstić information content (AvgIpc) is 2.74. The lowest BCUT2D eigenvalue weighted by atomic mass is 10.1. The number of carbonyl (C=O) groups excluding carboxylic acids is 1. The zero-order valence-electron chi connectivity index (χ0n) is 11.1. The third-order valence-electron chi connectivity index (χ3n) is 2.30. The van der Waals surface area contributed by atoms with E-state index < -0.39 is 21.6 Å². The van der Waals surface area contributed by atoms with Gasteiger partial charge in [-0.3, -0.25) is 4.79 Å². The number of nitrogens with one attached hydrogen (secondary N) is 2. The van der Waals surface area contributed by atoms with E-state index >= 15 is 0 Å². The molecule has 108 valence electrons. The SMILES string of the molecule is CC(C)(CNC(=O)C(N)c1cccs1)NS(C)(=O)=O. The van der Waals surface area contributed by atoms with Crippen LogP contribution in [0.4, 0.5) is 0 Å². The van der Waals surface area contributed by atoms with Gasteiger partial charge in [0.1, 0.15) is 6.04 Å². The molecule has 1 amide bonds. The van der Waals surface area contributed by atoms with Gasteiger partial charge >= 0.3 is 0 Å². The molecular formula is C11H19N3O3S2. The molecule has 0 fully saturated rings. The van der Waals surface area contributed by atoms with E-state index in [-0.39, 0.29) is 12.5 Å². The van der Waals surface area contributed by atoms with Gasteiger partial charge in [0.05, 0.1) is 6.26 Å². The average molecular weight is 305 g/mol. The van der Waals surface area contributed by atoms with Gasteiger partial charge in [0.2, 0.25) is 15.9 Å². The van der Waals surface area contributed by atoms with Crippen molar-refractivity contribution in [3.63, 3.8) is 0 Å². The Balaban J connectivity index is 2.54. The largest absolute Gasteiger partial charge is 0.353 e. The molecule has 19 heavy (non-hydrogen) atoms. The van der Waals surface area contributed by atoms with Crippen molar-refractivity contribution in [2.24, 2.45) is 5.73 Å². The standard InChI is InChI=1S/C11H19N3O3S2/c1-11(2,14-19(3,16)17)7-13-10(15)9(12)8-5-4-6-18-8/h4-6,9,14H,7,12H2,1-3H3,(H,13,15). The van der Waals surface area contributed by atoms with Gasteiger partial charge in [0.15, 0.2) is 0 Å². The highest BCUT2D eigenvalue weighted by molar-refractivity contribution is 7.88. The van der Waals surface area contributed by atoms with Crippen molar-refractivity contribution in [2.45, 2.75) is 25.4 Å².